The van der Waals surface area contributed by atoms with Crippen molar-refractivity contribution in [3.63, 3.8) is 0 Å². The molecule has 0 radical (unpaired) electrons. The maximum atomic E-state index is 12.9. The van der Waals surface area contributed by atoms with Crippen LogP contribution in [0.25, 0.3) is 0 Å². The number of rotatable bonds is 8. The Morgan fingerprint density at radius 2 is 2.10 bits per heavy atom. The summed E-state index contributed by atoms with van der Waals surface area (Å²) in [6.45, 7) is 4.32. The van der Waals surface area contributed by atoms with E-state index < -0.39 is 11.9 Å². The second-order valence-corrected chi connectivity index (χ2v) is 4.96. The van der Waals surface area contributed by atoms with Crippen LogP contribution >= 0.6 is 0 Å². The predicted molar refractivity (Wildman–Crippen MR) is 75.6 cm³/mol. The highest BCUT2D eigenvalue weighted by atomic mass is 19.1. The third kappa shape index (κ3) is 5.65. The number of hydrogen-bond acceptors (Lipinski definition) is 3. The maximum Gasteiger partial charge on any atom is 0.220 e. The Morgan fingerprint density at radius 3 is 2.70 bits per heavy atom. The molecule has 0 fully saturated rings. The van der Waals surface area contributed by atoms with Crippen molar-refractivity contribution in [3.05, 3.63) is 29.8 Å². The Hall–Kier alpha value is -1.49. The number of nitrogens with one attached hydrogen (secondary N) is 1. The normalized spacial score (nSPS) is 12.4. The second kappa shape index (κ2) is 8.64. The molecule has 1 aromatic rings. The van der Waals surface area contributed by atoms with E-state index in [1.54, 1.807) is 6.20 Å². The number of aliphatic hydroxyl groups is 1. The SMILES string of the molecule is CCC(CC)C(O)CNC(=O)CCc1cncc(F)c1. The number of nitrogens with zero attached hydrogens (tertiary/aromatic N) is 1. The monoisotopic (exact) mass is 282 g/mol. The minimum absolute atomic E-state index is 0.140. The van der Waals surface area contributed by atoms with E-state index in [9.17, 15) is 14.3 Å². The van der Waals surface area contributed by atoms with Gasteiger partial charge in [0.05, 0.1) is 12.3 Å². The quantitative estimate of drug-likeness (QED) is 0.767. The van der Waals surface area contributed by atoms with Crippen LogP contribution in [0, 0.1) is 11.7 Å². The maximum absolute atomic E-state index is 12.9. The lowest BCUT2D eigenvalue weighted by atomic mass is 9.96. The number of carbonyl (C=O) groups excluding carboxylic acids is 1. The summed E-state index contributed by atoms with van der Waals surface area (Å²) in [5, 5.41) is 12.6. The average Bonchev–Trinajstić information content (AvgIpc) is 2.44. The van der Waals surface area contributed by atoms with Crippen molar-refractivity contribution in [2.75, 3.05) is 6.54 Å². The highest BCUT2D eigenvalue weighted by Gasteiger charge is 2.16. The highest BCUT2D eigenvalue weighted by Crippen LogP contribution is 2.12. The van der Waals surface area contributed by atoms with Crippen LogP contribution in [0.4, 0.5) is 4.39 Å². The molecule has 1 heterocycles. The molecular formula is C15H23FN2O2. The van der Waals surface area contributed by atoms with Crippen LogP contribution in [-0.2, 0) is 11.2 Å². The molecule has 0 aliphatic rings. The first-order valence-electron chi connectivity index (χ1n) is 7.11. The van der Waals surface area contributed by atoms with Crippen LogP contribution in [0.15, 0.2) is 18.5 Å². The van der Waals surface area contributed by atoms with Crippen LogP contribution in [0.1, 0.15) is 38.7 Å². The van der Waals surface area contributed by atoms with Crippen LogP contribution in [0.3, 0.4) is 0 Å². The van der Waals surface area contributed by atoms with Gasteiger partial charge in [-0.1, -0.05) is 26.7 Å². The van der Waals surface area contributed by atoms with E-state index in [0.717, 1.165) is 19.0 Å². The summed E-state index contributed by atoms with van der Waals surface area (Å²) in [4.78, 5) is 15.4. The van der Waals surface area contributed by atoms with E-state index in [4.69, 9.17) is 0 Å². The molecule has 2 N–H and O–H groups in total. The fourth-order valence-electron chi connectivity index (χ4n) is 2.16. The summed E-state index contributed by atoms with van der Waals surface area (Å²) in [5.74, 6) is -0.325. The Balaban J connectivity index is 2.30. The van der Waals surface area contributed by atoms with Gasteiger partial charge in [-0.05, 0) is 24.0 Å². The molecule has 1 rings (SSSR count). The zero-order valence-electron chi connectivity index (χ0n) is 12.1. The molecule has 4 nitrogen and oxygen atoms in total. The number of amides is 1. The second-order valence-electron chi connectivity index (χ2n) is 4.96. The van der Waals surface area contributed by atoms with Gasteiger partial charge in [0, 0.05) is 19.2 Å². The van der Waals surface area contributed by atoms with Gasteiger partial charge in [-0.25, -0.2) is 4.39 Å². The van der Waals surface area contributed by atoms with Gasteiger partial charge in [0.15, 0.2) is 0 Å². The molecular weight excluding hydrogens is 259 g/mol. The molecule has 0 aromatic carbocycles. The van der Waals surface area contributed by atoms with Crippen molar-refractivity contribution in [2.45, 2.75) is 45.6 Å². The first-order chi connectivity index (χ1) is 9.56. The smallest absolute Gasteiger partial charge is 0.220 e. The van der Waals surface area contributed by atoms with Gasteiger partial charge in [0.2, 0.25) is 5.91 Å². The lowest BCUT2D eigenvalue weighted by molar-refractivity contribution is -0.121. The van der Waals surface area contributed by atoms with Gasteiger partial charge in [0.1, 0.15) is 5.82 Å². The minimum atomic E-state index is -0.509. The predicted octanol–water partition coefficient (Wildman–Crippen LogP) is 2.07. The third-order valence-electron chi connectivity index (χ3n) is 3.50. The molecule has 0 saturated carbocycles. The Bertz CT molecular complexity index is 422. The number of pyridine rings is 1. The van der Waals surface area contributed by atoms with Crippen molar-refractivity contribution in [1.29, 1.82) is 0 Å². The molecule has 1 unspecified atom stereocenters. The van der Waals surface area contributed by atoms with Gasteiger partial charge >= 0.3 is 0 Å². The van der Waals surface area contributed by atoms with E-state index in [2.05, 4.69) is 10.3 Å². The Labute approximate surface area is 119 Å². The molecule has 0 spiro atoms. The van der Waals surface area contributed by atoms with E-state index >= 15 is 0 Å². The van der Waals surface area contributed by atoms with Gasteiger partial charge in [-0.3, -0.25) is 9.78 Å². The van der Waals surface area contributed by atoms with Crippen molar-refractivity contribution in [1.82, 2.24) is 10.3 Å². The number of aliphatic hydroxyl groups excluding tert-OH is 1. The first kappa shape index (κ1) is 16.6. The number of hydrogen-bond donors (Lipinski definition) is 2. The molecule has 20 heavy (non-hydrogen) atoms. The molecule has 112 valence electrons. The third-order valence-corrected chi connectivity index (χ3v) is 3.50. The highest BCUT2D eigenvalue weighted by molar-refractivity contribution is 5.76. The van der Waals surface area contributed by atoms with Crippen molar-refractivity contribution in [2.24, 2.45) is 5.92 Å². The van der Waals surface area contributed by atoms with E-state index in [1.165, 1.54) is 6.07 Å². The zero-order valence-corrected chi connectivity index (χ0v) is 12.1. The standard InChI is InChI=1S/C15H23FN2O2/c1-3-12(4-2)14(19)10-18-15(20)6-5-11-7-13(16)9-17-8-11/h7-9,12,14,19H,3-6,10H2,1-2H3,(H,18,20). The van der Waals surface area contributed by atoms with Crippen molar-refractivity contribution >= 4 is 5.91 Å². The zero-order chi connectivity index (χ0) is 15.0. The summed E-state index contributed by atoms with van der Waals surface area (Å²) >= 11 is 0. The van der Waals surface area contributed by atoms with Crippen LogP contribution in [0.2, 0.25) is 0 Å². The summed E-state index contributed by atoms with van der Waals surface area (Å²) in [6.07, 6.45) is 4.67. The minimum Gasteiger partial charge on any atom is -0.391 e. The molecule has 0 saturated heterocycles. The fourth-order valence-corrected chi connectivity index (χ4v) is 2.16. The molecule has 0 aliphatic heterocycles. The molecule has 5 heteroatoms. The topological polar surface area (TPSA) is 62.2 Å². The van der Waals surface area contributed by atoms with Crippen LogP contribution in [-0.4, -0.2) is 28.6 Å². The van der Waals surface area contributed by atoms with Crippen molar-refractivity contribution in [3.8, 4) is 0 Å². The van der Waals surface area contributed by atoms with E-state index in [-0.39, 0.29) is 24.8 Å². The van der Waals surface area contributed by atoms with Gasteiger partial charge in [-0.2, -0.15) is 0 Å². The van der Waals surface area contributed by atoms with Gasteiger partial charge in [0.25, 0.3) is 0 Å². The van der Waals surface area contributed by atoms with Crippen LogP contribution in [0.5, 0.6) is 0 Å². The molecule has 1 atom stereocenters. The van der Waals surface area contributed by atoms with Crippen molar-refractivity contribution < 1.29 is 14.3 Å². The summed E-state index contributed by atoms with van der Waals surface area (Å²) < 4.78 is 12.9. The first-order valence-corrected chi connectivity index (χ1v) is 7.11. The Kier molecular flexibility index (Phi) is 7.15. The number of halogens is 1. The lowest BCUT2D eigenvalue weighted by Gasteiger charge is -2.20. The molecule has 1 aromatic heterocycles. The fraction of sp³-hybridized carbons (Fsp3) is 0.600. The summed E-state index contributed by atoms with van der Waals surface area (Å²) in [6, 6.07) is 1.37. The van der Waals surface area contributed by atoms with Gasteiger partial charge < -0.3 is 10.4 Å². The Morgan fingerprint density at radius 1 is 1.40 bits per heavy atom. The summed E-state index contributed by atoms with van der Waals surface area (Å²) in [5.41, 5.74) is 0.695. The van der Waals surface area contributed by atoms with Crippen LogP contribution < -0.4 is 5.32 Å². The number of carbonyl (C=O) groups is 1. The molecule has 0 aliphatic carbocycles. The molecule has 1 amide bonds. The summed E-state index contributed by atoms with van der Waals surface area (Å²) in [7, 11) is 0. The molecule has 0 bridgehead atoms. The average molecular weight is 282 g/mol. The number of aromatic nitrogens is 1. The largest absolute Gasteiger partial charge is 0.391 e. The van der Waals surface area contributed by atoms with Gasteiger partial charge in [-0.15, -0.1) is 0 Å². The number of aryl methyl sites for hydroxylation is 1. The van der Waals surface area contributed by atoms with E-state index in [0.29, 0.717) is 12.0 Å². The lowest BCUT2D eigenvalue weighted by Crippen LogP contribution is -2.36. The van der Waals surface area contributed by atoms with E-state index in [1.807, 2.05) is 13.8 Å².